The maximum atomic E-state index is 11.6. The van der Waals surface area contributed by atoms with Crippen LogP contribution in [-0.2, 0) is 6.54 Å². The molecule has 2 aromatic heterocycles. The summed E-state index contributed by atoms with van der Waals surface area (Å²) in [6.45, 7) is 0.285. The smallest absolute Gasteiger partial charge is 0.300 e. The SMILES string of the molecule is Nc1nc(=O)c2[nH]cnc2n1Cc1ccccc1O. The van der Waals surface area contributed by atoms with E-state index in [1.807, 2.05) is 6.07 Å². The molecule has 19 heavy (non-hydrogen) atoms. The summed E-state index contributed by atoms with van der Waals surface area (Å²) in [4.78, 5) is 22.1. The largest absolute Gasteiger partial charge is 0.508 e. The summed E-state index contributed by atoms with van der Waals surface area (Å²) in [5.41, 5.74) is 6.70. The van der Waals surface area contributed by atoms with Crippen LogP contribution in [0.4, 0.5) is 5.95 Å². The van der Waals surface area contributed by atoms with Crippen molar-refractivity contribution >= 4 is 17.1 Å². The molecule has 0 aliphatic rings. The van der Waals surface area contributed by atoms with E-state index in [4.69, 9.17) is 5.73 Å². The number of aromatic hydroxyl groups is 1. The van der Waals surface area contributed by atoms with Crippen molar-refractivity contribution in [1.82, 2.24) is 19.5 Å². The second-order valence-corrected chi connectivity index (χ2v) is 4.09. The summed E-state index contributed by atoms with van der Waals surface area (Å²) >= 11 is 0. The Morgan fingerprint density at radius 2 is 2.16 bits per heavy atom. The van der Waals surface area contributed by atoms with E-state index < -0.39 is 5.56 Å². The van der Waals surface area contributed by atoms with E-state index >= 15 is 0 Å². The lowest BCUT2D eigenvalue weighted by molar-refractivity contribution is 0.466. The number of hydrogen-bond donors (Lipinski definition) is 3. The minimum Gasteiger partial charge on any atom is -0.508 e. The van der Waals surface area contributed by atoms with Crippen LogP contribution >= 0.6 is 0 Å². The van der Waals surface area contributed by atoms with Gasteiger partial charge in [-0.25, -0.2) is 4.98 Å². The first kappa shape index (κ1) is 11.3. The number of aromatic nitrogens is 4. The zero-order chi connectivity index (χ0) is 13.4. The zero-order valence-electron chi connectivity index (χ0n) is 9.87. The molecule has 0 unspecified atom stereocenters. The molecule has 7 nitrogen and oxygen atoms in total. The number of nitrogen functional groups attached to an aromatic ring is 1. The second kappa shape index (κ2) is 4.13. The minimum absolute atomic E-state index is 0.0628. The van der Waals surface area contributed by atoms with Gasteiger partial charge in [-0.1, -0.05) is 18.2 Å². The molecule has 0 fully saturated rings. The van der Waals surface area contributed by atoms with E-state index in [0.717, 1.165) is 0 Å². The molecule has 96 valence electrons. The third-order valence-electron chi connectivity index (χ3n) is 2.90. The summed E-state index contributed by atoms with van der Waals surface area (Å²) in [6, 6.07) is 6.90. The molecule has 2 heterocycles. The first-order valence-electron chi connectivity index (χ1n) is 5.63. The highest BCUT2D eigenvalue weighted by molar-refractivity contribution is 5.70. The molecule has 0 aliphatic carbocycles. The number of phenols is 1. The number of para-hydroxylation sites is 1. The van der Waals surface area contributed by atoms with Crippen molar-refractivity contribution in [3.63, 3.8) is 0 Å². The van der Waals surface area contributed by atoms with Gasteiger partial charge in [0.15, 0.2) is 11.2 Å². The number of rotatable bonds is 2. The number of H-pyrrole nitrogens is 1. The molecule has 0 radical (unpaired) electrons. The summed E-state index contributed by atoms with van der Waals surface area (Å²) < 4.78 is 1.57. The van der Waals surface area contributed by atoms with Gasteiger partial charge in [0.1, 0.15) is 5.75 Å². The van der Waals surface area contributed by atoms with Crippen LogP contribution in [0, 0.1) is 0 Å². The molecule has 3 rings (SSSR count). The zero-order valence-corrected chi connectivity index (χ0v) is 9.87. The minimum atomic E-state index is -0.446. The van der Waals surface area contributed by atoms with Gasteiger partial charge in [-0.2, -0.15) is 4.98 Å². The molecule has 4 N–H and O–H groups in total. The van der Waals surface area contributed by atoms with Gasteiger partial charge in [-0.3, -0.25) is 9.36 Å². The Bertz CT molecular complexity index is 805. The fraction of sp³-hybridized carbons (Fsp3) is 0.0833. The summed E-state index contributed by atoms with van der Waals surface area (Å²) in [7, 11) is 0. The predicted octanol–water partition coefficient (Wildman–Crippen LogP) is 0.456. The van der Waals surface area contributed by atoms with Gasteiger partial charge in [0.2, 0.25) is 5.95 Å². The van der Waals surface area contributed by atoms with E-state index in [1.165, 1.54) is 6.33 Å². The van der Waals surface area contributed by atoms with Crippen molar-refractivity contribution in [1.29, 1.82) is 0 Å². The Kier molecular flexibility index (Phi) is 2.45. The number of benzene rings is 1. The number of nitrogens with one attached hydrogen (secondary N) is 1. The van der Waals surface area contributed by atoms with Crippen molar-refractivity contribution < 1.29 is 5.11 Å². The second-order valence-electron chi connectivity index (χ2n) is 4.09. The van der Waals surface area contributed by atoms with Crippen LogP contribution in [0.25, 0.3) is 11.2 Å². The molecule has 0 aliphatic heterocycles. The van der Waals surface area contributed by atoms with Crippen molar-refractivity contribution in [2.45, 2.75) is 6.54 Å². The van der Waals surface area contributed by atoms with Gasteiger partial charge in [0, 0.05) is 5.56 Å². The summed E-state index contributed by atoms with van der Waals surface area (Å²) in [5.74, 6) is 0.220. The molecule has 3 aromatic rings. The number of nitrogens with zero attached hydrogens (tertiary/aromatic N) is 3. The predicted molar refractivity (Wildman–Crippen MR) is 69.8 cm³/mol. The lowest BCUT2D eigenvalue weighted by Gasteiger charge is -2.11. The number of imidazole rings is 1. The Hall–Kier alpha value is -2.83. The number of anilines is 1. The highest BCUT2D eigenvalue weighted by atomic mass is 16.3. The normalized spacial score (nSPS) is 10.9. The van der Waals surface area contributed by atoms with Crippen molar-refractivity contribution in [2.24, 2.45) is 0 Å². The Morgan fingerprint density at radius 3 is 2.95 bits per heavy atom. The van der Waals surface area contributed by atoms with Crippen LogP contribution in [-0.4, -0.2) is 24.6 Å². The molecule has 0 spiro atoms. The van der Waals surface area contributed by atoms with E-state index in [0.29, 0.717) is 16.7 Å². The molecule has 1 aromatic carbocycles. The average Bonchev–Trinajstić information content (AvgIpc) is 2.86. The van der Waals surface area contributed by atoms with Gasteiger partial charge in [-0.15, -0.1) is 0 Å². The lowest BCUT2D eigenvalue weighted by Crippen LogP contribution is -2.18. The van der Waals surface area contributed by atoms with Gasteiger partial charge in [-0.05, 0) is 6.07 Å². The topological polar surface area (TPSA) is 110 Å². The number of hydrogen-bond acceptors (Lipinski definition) is 5. The number of aromatic amines is 1. The molecule has 7 heteroatoms. The first-order chi connectivity index (χ1) is 9.16. The number of fused-ring (bicyclic) bond motifs is 1. The van der Waals surface area contributed by atoms with E-state index in [2.05, 4.69) is 15.0 Å². The maximum absolute atomic E-state index is 11.6. The molecule has 0 bridgehead atoms. The van der Waals surface area contributed by atoms with Crippen LogP contribution in [0.2, 0.25) is 0 Å². The monoisotopic (exact) mass is 257 g/mol. The summed E-state index contributed by atoms with van der Waals surface area (Å²) in [6.07, 6.45) is 1.41. The van der Waals surface area contributed by atoms with Gasteiger partial charge in [0.05, 0.1) is 12.9 Å². The van der Waals surface area contributed by atoms with E-state index in [-0.39, 0.29) is 18.2 Å². The quantitative estimate of drug-likeness (QED) is 0.617. The third kappa shape index (κ3) is 1.81. The van der Waals surface area contributed by atoms with Gasteiger partial charge < -0.3 is 15.8 Å². The fourth-order valence-corrected chi connectivity index (χ4v) is 1.95. The number of nitrogens with two attached hydrogens (primary N) is 1. The molecular weight excluding hydrogens is 246 g/mol. The van der Waals surface area contributed by atoms with Crippen LogP contribution in [0.5, 0.6) is 5.75 Å². The van der Waals surface area contributed by atoms with Crippen molar-refractivity contribution in [2.75, 3.05) is 5.73 Å². The molecule has 0 amide bonds. The lowest BCUT2D eigenvalue weighted by atomic mass is 10.2. The molecule has 0 saturated carbocycles. The van der Waals surface area contributed by atoms with Crippen LogP contribution in [0.15, 0.2) is 35.4 Å². The van der Waals surface area contributed by atoms with E-state index in [1.54, 1.807) is 22.8 Å². The van der Waals surface area contributed by atoms with Crippen LogP contribution in [0.3, 0.4) is 0 Å². The first-order valence-corrected chi connectivity index (χ1v) is 5.63. The van der Waals surface area contributed by atoms with Gasteiger partial charge in [0.25, 0.3) is 0 Å². The highest BCUT2D eigenvalue weighted by Gasteiger charge is 2.12. The third-order valence-corrected chi connectivity index (χ3v) is 2.90. The van der Waals surface area contributed by atoms with Crippen molar-refractivity contribution in [3.05, 3.63) is 46.5 Å². The fourth-order valence-electron chi connectivity index (χ4n) is 1.95. The molecule has 0 atom stereocenters. The number of phenolic OH excluding ortho intramolecular Hbond substituents is 1. The average molecular weight is 257 g/mol. The molecular formula is C12H11N5O2. The van der Waals surface area contributed by atoms with Crippen molar-refractivity contribution in [3.8, 4) is 5.75 Å². The Balaban J connectivity index is 2.18. The van der Waals surface area contributed by atoms with E-state index in [9.17, 15) is 9.90 Å². The highest BCUT2D eigenvalue weighted by Crippen LogP contribution is 2.19. The Labute approximate surface area is 107 Å². The van der Waals surface area contributed by atoms with Gasteiger partial charge >= 0.3 is 5.56 Å². The standard InChI is InChI=1S/C12H11N5O2/c13-12-16-11(19)9-10(15-6-14-9)17(12)5-7-3-1-2-4-8(7)18/h1-4,6,18H,5H2,(H,14,15)(H2,13,16,19). The van der Waals surface area contributed by atoms with Crippen LogP contribution in [0.1, 0.15) is 5.56 Å². The maximum Gasteiger partial charge on any atom is 0.300 e. The Morgan fingerprint density at radius 1 is 1.37 bits per heavy atom. The summed E-state index contributed by atoms with van der Waals surface area (Å²) in [5, 5.41) is 9.78. The molecule has 0 saturated heterocycles. The van der Waals surface area contributed by atoms with Crippen LogP contribution < -0.4 is 11.3 Å².